The Morgan fingerprint density at radius 2 is 1.78 bits per heavy atom. The summed E-state index contributed by atoms with van der Waals surface area (Å²) in [6.45, 7) is 0.719. The minimum atomic E-state index is -0.116. The summed E-state index contributed by atoms with van der Waals surface area (Å²) in [6, 6.07) is 9.88. The van der Waals surface area contributed by atoms with Gasteiger partial charge >= 0.3 is 0 Å². The summed E-state index contributed by atoms with van der Waals surface area (Å²) in [6.07, 6.45) is 9.19. The van der Waals surface area contributed by atoms with Crippen LogP contribution in [-0.4, -0.2) is 24.9 Å². The molecular formula is C19H26N2O2. The van der Waals surface area contributed by atoms with Crippen molar-refractivity contribution in [3.05, 3.63) is 47.5 Å². The van der Waals surface area contributed by atoms with Crippen LogP contribution in [0.2, 0.25) is 0 Å². The van der Waals surface area contributed by atoms with E-state index in [1.807, 2.05) is 30.3 Å². The van der Waals surface area contributed by atoms with Gasteiger partial charge in [-0.05, 0) is 44.1 Å². The summed E-state index contributed by atoms with van der Waals surface area (Å²) in [4.78, 5) is 23.5. The van der Waals surface area contributed by atoms with E-state index in [0.29, 0.717) is 19.4 Å². The Kier molecular flexibility index (Phi) is 7.37. The molecule has 0 aliphatic heterocycles. The molecule has 0 fully saturated rings. The first-order chi connectivity index (χ1) is 11.2. The minimum absolute atomic E-state index is 0.0622. The monoisotopic (exact) mass is 314 g/mol. The van der Waals surface area contributed by atoms with Gasteiger partial charge in [-0.1, -0.05) is 42.0 Å². The normalized spacial score (nSPS) is 14.0. The molecule has 23 heavy (non-hydrogen) atoms. The molecule has 0 atom stereocenters. The number of benzene rings is 1. The molecule has 0 unspecified atom stereocenters. The van der Waals surface area contributed by atoms with Gasteiger partial charge in [-0.3, -0.25) is 9.59 Å². The molecule has 2 rings (SSSR count). The zero-order valence-corrected chi connectivity index (χ0v) is 13.6. The first-order valence-electron chi connectivity index (χ1n) is 8.49. The van der Waals surface area contributed by atoms with Gasteiger partial charge in [-0.15, -0.1) is 0 Å². The van der Waals surface area contributed by atoms with E-state index in [9.17, 15) is 9.59 Å². The molecule has 0 radical (unpaired) electrons. The lowest BCUT2D eigenvalue weighted by molar-refractivity contribution is -0.126. The fourth-order valence-electron chi connectivity index (χ4n) is 2.73. The van der Waals surface area contributed by atoms with Crippen molar-refractivity contribution in [3.8, 4) is 0 Å². The number of allylic oxidation sites excluding steroid dienone is 1. The van der Waals surface area contributed by atoms with Gasteiger partial charge < -0.3 is 10.6 Å². The number of hydrogen-bond donors (Lipinski definition) is 2. The average Bonchev–Trinajstić information content (AvgIpc) is 2.60. The highest BCUT2D eigenvalue weighted by atomic mass is 16.2. The lowest BCUT2D eigenvalue weighted by atomic mass is 9.97. The number of nitrogens with one attached hydrogen (secondary N) is 2. The van der Waals surface area contributed by atoms with Crippen LogP contribution in [0.4, 0.5) is 0 Å². The molecule has 1 aromatic carbocycles. The summed E-state index contributed by atoms with van der Waals surface area (Å²) in [5.41, 5.74) is 2.58. The molecule has 0 saturated carbocycles. The van der Waals surface area contributed by atoms with Crippen LogP contribution in [0.15, 0.2) is 42.0 Å². The van der Waals surface area contributed by atoms with Gasteiger partial charge in [0.25, 0.3) is 0 Å². The highest BCUT2D eigenvalue weighted by molar-refractivity contribution is 5.84. The molecule has 4 nitrogen and oxygen atoms in total. The zero-order chi connectivity index (χ0) is 16.3. The molecule has 124 valence electrons. The lowest BCUT2D eigenvalue weighted by Crippen LogP contribution is -2.37. The van der Waals surface area contributed by atoms with Crippen molar-refractivity contribution in [2.75, 3.05) is 13.1 Å². The zero-order valence-electron chi connectivity index (χ0n) is 13.6. The van der Waals surface area contributed by atoms with Gasteiger partial charge in [-0.2, -0.15) is 0 Å². The second-order valence-corrected chi connectivity index (χ2v) is 5.97. The number of carbonyl (C=O) groups is 2. The van der Waals surface area contributed by atoms with Crippen molar-refractivity contribution in [1.29, 1.82) is 0 Å². The number of amides is 2. The van der Waals surface area contributed by atoms with E-state index in [0.717, 1.165) is 18.4 Å². The van der Waals surface area contributed by atoms with Crippen molar-refractivity contribution in [2.45, 2.75) is 44.9 Å². The number of hydrogen-bond acceptors (Lipinski definition) is 2. The standard InChI is InChI=1S/C19H26N2O2/c22-18(12-11-16-7-3-1-4-8-16)21-15-19(23)20-14-13-17-9-5-2-6-10-17/h1,3-4,7-9H,2,5-6,10-15H2,(H,20,23)(H,21,22). The van der Waals surface area contributed by atoms with Crippen molar-refractivity contribution in [1.82, 2.24) is 10.6 Å². The molecule has 0 saturated heterocycles. The maximum Gasteiger partial charge on any atom is 0.239 e. The smallest absolute Gasteiger partial charge is 0.239 e. The summed E-state index contributed by atoms with van der Waals surface area (Å²) in [5, 5.41) is 5.54. The third-order valence-corrected chi connectivity index (χ3v) is 4.08. The van der Waals surface area contributed by atoms with Gasteiger partial charge in [0.05, 0.1) is 6.54 Å². The van der Waals surface area contributed by atoms with Crippen LogP contribution >= 0.6 is 0 Å². The van der Waals surface area contributed by atoms with Gasteiger partial charge in [0, 0.05) is 13.0 Å². The van der Waals surface area contributed by atoms with Gasteiger partial charge in [-0.25, -0.2) is 0 Å². The van der Waals surface area contributed by atoms with Crippen LogP contribution < -0.4 is 10.6 Å². The largest absolute Gasteiger partial charge is 0.354 e. The van der Waals surface area contributed by atoms with E-state index in [1.165, 1.54) is 24.8 Å². The van der Waals surface area contributed by atoms with Crippen LogP contribution in [0, 0.1) is 0 Å². The SMILES string of the molecule is O=C(CCc1ccccc1)NCC(=O)NCCC1=CCCCC1. The maximum absolute atomic E-state index is 11.7. The number of carbonyl (C=O) groups excluding carboxylic acids is 2. The van der Waals surface area contributed by atoms with Gasteiger partial charge in [0.1, 0.15) is 0 Å². The average molecular weight is 314 g/mol. The van der Waals surface area contributed by atoms with Crippen molar-refractivity contribution < 1.29 is 9.59 Å². The summed E-state index contributed by atoms with van der Waals surface area (Å²) in [7, 11) is 0. The van der Waals surface area contributed by atoms with E-state index < -0.39 is 0 Å². The predicted octanol–water partition coefficient (Wildman–Crippen LogP) is 2.74. The van der Waals surface area contributed by atoms with Crippen LogP contribution in [0.1, 0.15) is 44.1 Å². The van der Waals surface area contributed by atoms with E-state index >= 15 is 0 Å². The van der Waals surface area contributed by atoms with Crippen molar-refractivity contribution in [3.63, 3.8) is 0 Å². The van der Waals surface area contributed by atoms with Crippen LogP contribution in [0.25, 0.3) is 0 Å². The third-order valence-electron chi connectivity index (χ3n) is 4.08. The van der Waals surface area contributed by atoms with Crippen molar-refractivity contribution >= 4 is 11.8 Å². The number of rotatable bonds is 8. The molecule has 0 heterocycles. The van der Waals surface area contributed by atoms with E-state index in [1.54, 1.807) is 0 Å². The Morgan fingerprint density at radius 3 is 2.52 bits per heavy atom. The van der Waals surface area contributed by atoms with Crippen LogP contribution in [0.5, 0.6) is 0 Å². The lowest BCUT2D eigenvalue weighted by Gasteiger charge is -2.13. The third kappa shape index (κ3) is 7.13. The maximum atomic E-state index is 11.7. The molecule has 0 bridgehead atoms. The van der Waals surface area contributed by atoms with Crippen LogP contribution in [-0.2, 0) is 16.0 Å². The molecule has 0 spiro atoms. The summed E-state index contributed by atoms with van der Waals surface area (Å²) in [5.74, 6) is -0.200. The predicted molar refractivity (Wildman–Crippen MR) is 92.0 cm³/mol. The van der Waals surface area contributed by atoms with E-state index in [4.69, 9.17) is 0 Å². The Balaban J connectivity index is 1.54. The first kappa shape index (κ1) is 17.3. The van der Waals surface area contributed by atoms with Crippen molar-refractivity contribution in [2.24, 2.45) is 0 Å². The van der Waals surface area contributed by atoms with Gasteiger partial charge in [0.15, 0.2) is 0 Å². The second-order valence-electron chi connectivity index (χ2n) is 5.97. The molecule has 1 aliphatic carbocycles. The Morgan fingerprint density at radius 1 is 0.957 bits per heavy atom. The highest BCUT2D eigenvalue weighted by Crippen LogP contribution is 2.19. The Bertz CT molecular complexity index is 538. The molecular weight excluding hydrogens is 288 g/mol. The molecule has 4 heteroatoms. The summed E-state index contributed by atoms with van der Waals surface area (Å²) >= 11 is 0. The Hall–Kier alpha value is -2.10. The summed E-state index contributed by atoms with van der Waals surface area (Å²) < 4.78 is 0. The van der Waals surface area contributed by atoms with Crippen LogP contribution in [0.3, 0.4) is 0 Å². The molecule has 0 aromatic heterocycles. The second kappa shape index (κ2) is 9.82. The van der Waals surface area contributed by atoms with Gasteiger partial charge in [0.2, 0.25) is 11.8 Å². The first-order valence-corrected chi connectivity index (χ1v) is 8.49. The molecule has 1 aliphatic rings. The topological polar surface area (TPSA) is 58.2 Å². The minimum Gasteiger partial charge on any atom is -0.354 e. The molecule has 2 N–H and O–H groups in total. The fourth-order valence-corrected chi connectivity index (χ4v) is 2.73. The molecule has 1 aromatic rings. The quantitative estimate of drug-likeness (QED) is 0.725. The van der Waals surface area contributed by atoms with E-state index in [-0.39, 0.29) is 18.4 Å². The van der Waals surface area contributed by atoms with E-state index in [2.05, 4.69) is 16.7 Å². The molecule has 2 amide bonds. The number of aryl methyl sites for hydroxylation is 1. The highest BCUT2D eigenvalue weighted by Gasteiger charge is 2.07. The Labute approximate surface area is 138 Å². The fraction of sp³-hybridized carbons (Fsp3) is 0.474.